The molecule has 0 spiro atoms. The summed E-state index contributed by atoms with van der Waals surface area (Å²) in [6, 6.07) is 12.0. The number of amides is 1. The summed E-state index contributed by atoms with van der Waals surface area (Å²) in [4.78, 5) is 11.6. The number of ether oxygens (including phenoxy) is 1. The van der Waals surface area contributed by atoms with Gasteiger partial charge in [0.05, 0.1) is 10.6 Å². The average molecular weight is 369 g/mol. The molecule has 0 aliphatic rings. The van der Waals surface area contributed by atoms with E-state index in [1.54, 1.807) is 18.2 Å². The number of anilines is 1. The van der Waals surface area contributed by atoms with E-state index in [0.29, 0.717) is 5.75 Å². The van der Waals surface area contributed by atoms with Crippen molar-refractivity contribution < 1.29 is 26.7 Å². The van der Waals surface area contributed by atoms with Gasteiger partial charge in [-0.2, -0.15) is 8.78 Å². The second-order valence-corrected chi connectivity index (χ2v) is 7.25. The molecule has 0 radical (unpaired) electrons. The number of halogens is 2. The highest BCUT2D eigenvalue weighted by molar-refractivity contribution is 7.91. The van der Waals surface area contributed by atoms with Crippen LogP contribution in [0.1, 0.15) is 12.5 Å². The largest absolute Gasteiger partial charge is 0.481 e. The normalized spacial score (nSPS) is 12.7. The Labute approximate surface area is 144 Å². The molecule has 0 bridgehead atoms. The number of carbonyl (C=O) groups excluding carboxylic acids is 1. The van der Waals surface area contributed by atoms with E-state index in [0.717, 1.165) is 11.6 Å². The molecule has 0 saturated heterocycles. The van der Waals surface area contributed by atoms with E-state index in [4.69, 9.17) is 4.74 Å². The van der Waals surface area contributed by atoms with Crippen LogP contribution < -0.4 is 10.1 Å². The summed E-state index contributed by atoms with van der Waals surface area (Å²) in [6.07, 6.45) is -0.955. The Morgan fingerprint density at radius 3 is 2.44 bits per heavy atom. The van der Waals surface area contributed by atoms with Crippen LogP contribution in [0.3, 0.4) is 0 Å². The summed E-state index contributed by atoms with van der Waals surface area (Å²) >= 11 is 0. The Balaban J connectivity index is 2.18. The maximum atomic E-state index is 12.8. The van der Waals surface area contributed by atoms with Gasteiger partial charge in [0.25, 0.3) is 5.91 Å². The zero-order chi connectivity index (χ0) is 18.6. The number of hydrogen-bond donors (Lipinski definition) is 1. The van der Waals surface area contributed by atoms with E-state index < -0.39 is 32.5 Å². The highest BCUT2D eigenvalue weighted by Crippen LogP contribution is 2.26. The summed E-state index contributed by atoms with van der Waals surface area (Å²) in [7, 11) is -4.83. The third kappa shape index (κ3) is 4.54. The Hall–Kier alpha value is -2.48. The SMILES string of the molecule is Cc1cccc(OC(C)C(=O)Nc2ccccc2S(=O)(=O)C(F)F)c1. The summed E-state index contributed by atoms with van der Waals surface area (Å²) < 4.78 is 54.4. The van der Waals surface area contributed by atoms with Crippen molar-refractivity contribution in [3.05, 3.63) is 54.1 Å². The molecule has 5 nitrogen and oxygen atoms in total. The van der Waals surface area contributed by atoms with Gasteiger partial charge in [-0.25, -0.2) is 8.42 Å². The molecule has 1 atom stereocenters. The summed E-state index contributed by atoms with van der Waals surface area (Å²) in [6.45, 7) is 3.34. The van der Waals surface area contributed by atoms with Gasteiger partial charge >= 0.3 is 5.76 Å². The molecule has 0 aromatic heterocycles. The quantitative estimate of drug-likeness (QED) is 0.847. The fourth-order valence-electron chi connectivity index (χ4n) is 2.09. The Kier molecular flexibility index (Phi) is 5.73. The number of benzene rings is 2. The summed E-state index contributed by atoms with van der Waals surface area (Å²) in [5.74, 6) is -3.76. The van der Waals surface area contributed by atoms with Crippen LogP contribution in [0, 0.1) is 6.92 Å². The van der Waals surface area contributed by atoms with Crippen LogP contribution in [0.4, 0.5) is 14.5 Å². The third-order valence-electron chi connectivity index (χ3n) is 3.36. The number of rotatable bonds is 6. The van der Waals surface area contributed by atoms with E-state index in [2.05, 4.69) is 5.32 Å². The first-order valence-electron chi connectivity index (χ1n) is 7.37. The third-order valence-corrected chi connectivity index (χ3v) is 4.80. The summed E-state index contributed by atoms with van der Waals surface area (Å²) in [5.41, 5.74) is 0.728. The topological polar surface area (TPSA) is 72.5 Å². The highest BCUT2D eigenvalue weighted by atomic mass is 32.2. The molecule has 25 heavy (non-hydrogen) atoms. The van der Waals surface area contributed by atoms with Crippen LogP contribution in [0.2, 0.25) is 0 Å². The Morgan fingerprint density at radius 2 is 1.80 bits per heavy atom. The zero-order valence-electron chi connectivity index (χ0n) is 13.6. The smallest absolute Gasteiger partial charge is 0.341 e. The van der Waals surface area contributed by atoms with E-state index >= 15 is 0 Å². The molecular formula is C17H17F2NO4S. The molecule has 0 saturated carbocycles. The molecule has 134 valence electrons. The van der Waals surface area contributed by atoms with Gasteiger partial charge in [0.1, 0.15) is 5.75 Å². The van der Waals surface area contributed by atoms with Crippen LogP contribution in [0.25, 0.3) is 0 Å². The molecule has 0 aliphatic heterocycles. The minimum absolute atomic E-state index is 0.215. The van der Waals surface area contributed by atoms with Gasteiger partial charge in [-0.1, -0.05) is 24.3 Å². The van der Waals surface area contributed by atoms with E-state index in [1.165, 1.54) is 25.1 Å². The molecule has 1 N–H and O–H groups in total. The molecule has 2 aromatic carbocycles. The highest BCUT2D eigenvalue weighted by Gasteiger charge is 2.30. The van der Waals surface area contributed by atoms with Crippen molar-refractivity contribution in [3.63, 3.8) is 0 Å². The molecular weight excluding hydrogens is 352 g/mol. The zero-order valence-corrected chi connectivity index (χ0v) is 14.4. The van der Waals surface area contributed by atoms with Crippen LogP contribution in [0.5, 0.6) is 5.75 Å². The van der Waals surface area contributed by atoms with E-state index in [1.807, 2.05) is 13.0 Å². The van der Waals surface area contributed by atoms with Gasteiger partial charge in [0.15, 0.2) is 6.10 Å². The maximum Gasteiger partial charge on any atom is 0.341 e. The number of hydrogen-bond acceptors (Lipinski definition) is 4. The second kappa shape index (κ2) is 7.60. The predicted molar refractivity (Wildman–Crippen MR) is 89.5 cm³/mol. The van der Waals surface area contributed by atoms with E-state index in [9.17, 15) is 22.0 Å². The van der Waals surface area contributed by atoms with Crippen LogP contribution >= 0.6 is 0 Å². The van der Waals surface area contributed by atoms with Gasteiger partial charge in [-0.05, 0) is 43.7 Å². The number of aryl methyl sites for hydroxylation is 1. The molecule has 1 unspecified atom stereocenters. The van der Waals surface area contributed by atoms with Gasteiger partial charge < -0.3 is 10.1 Å². The number of alkyl halides is 2. The van der Waals surface area contributed by atoms with Crippen molar-refractivity contribution in [2.75, 3.05) is 5.32 Å². The van der Waals surface area contributed by atoms with Crippen molar-refractivity contribution in [2.24, 2.45) is 0 Å². The lowest BCUT2D eigenvalue weighted by Gasteiger charge is -2.16. The first kappa shape index (κ1) is 18.9. The maximum absolute atomic E-state index is 12.8. The molecule has 0 aliphatic carbocycles. The number of para-hydroxylation sites is 1. The van der Waals surface area contributed by atoms with E-state index in [-0.39, 0.29) is 5.69 Å². The van der Waals surface area contributed by atoms with Crippen molar-refractivity contribution in [1.82, 2.24) is 0 Å². The molecule has 0 fully saturated rings. The standard InChI is InChI=1S/C17H17F2NO4S/c1-11-6-5-7-13(10-11)24-12(2)16(21)20-14-8-3-4-9-15(14)25(22,23)17(18)19/h3-10,12,17H,1-2H3,(H,20,21). The van der Waals surface area contributed by atoms with Gasteiger partial charge in [-0.3, -0.25) is 4.79 Å². The molecule has 8 heteroatoms. The lowest BCUT2D eigenvalue weighted by atomic mass is 10.2. The fourth-order valence-corrected chi connectivity index (χ4v) is 2.98. The molecule has 0 heterocycles. The van der Waals surface area contributed by atoms with Crippen LogP contribution in [0.15, 0.2) is 53.4 Å². The number of sulfone groups is 1. The Morgan fingerprint density at radius 1 is 1.12 bits per heavy atom. The number of nitrogens with one attached hydrogen (secondary N) is 1. The fraction of sp³-hybridized carbons (Fsp3) is 0.235. The molecule has 1 amide bonds. The van der Waals surface area contributed by atoms with Gasteiger partial charge in [-0.15, -0.1) is 0 Å². The molecule has 2 rings (SSSR count). The van der Waals surface area contributed by atoms with Gasteiger partial charge in [0.2, 0.25) is 9.84 Å². The van der Waals surface area contributed by atoms with Crippen LogP contribution in [-0.2, 0) is 14.6 Å². The lowest BCUT2D eigenvalue weighted by molar-refractivity contribution is -0.122. The van der Waals surface area contributed by atoms with Gasteiger partial charge in [0, 0.05) is 0 Å². The number of carbonyl (C=O) groups is 1. The molecule has 2 aromatic rings. The minimum Gasteiger partial charge on any atom is -0.481 e. The minimum atomic E-state index is -4.83. The van der Waals surface area contributed by atoms with Crippen molar-refractivity contribution >= 4 is 21.4 Å². The first-order valence-corrected chi connectivity index (χ1v) is 8.91. The predicted octanol–water partition coefficient (Wildman–Crippen LogP) is 3.40. The van der Waals surface area contributed by atoms with Crippen molar-refractivity contribution in [1.29, 1.82) is 0 Å². The average Bonchev–Trinajstić information content (AvgIpc) is 2.55. The van der Waals surface area contributed by atoms with Crippen LogP contribution in [-0.4, -0.2) is 26.2 Å². The van der Waals surface area contributed by atoms with Crippen molar-refractivity contribution in [3.8, 4) is 5.75 Å². The Bertz CT molecular complexity index is 868. The summed E-state index contributed by atoms with van der Waals surface area (Å²) in [5, 5.41) is 2.33. The first-order chi connectivity index (χ1) is 11.7. The lowest BCUT2D eigenvalue weighted by Crippen LogP contribution is -2.31. The van der Waals surface area contributed by atoms with Crippen molar-refractivity contribution in [2.45, 2.75) is 30.6 Å². The monoisotopic (exact) mass is 369 g/mol. The second-order valence-electron chi connectivity index (χ2n) is 5.37.